The Labute approximate surface area is 321 Å². The number of hydrogen-bond acceptors (Lipinski definition) is 2. The second kappa shape index (κ2) is 13.9. The molecule has 0 atom stereocenters. The molecule has 0 N–H and O–H groups in total. The lowest BCUT2D eigenvalue weighted by atomic mass is 9.84. The van der Waals surface area contributed by atoms with Crippen LogP contribution >= 0.6 is 0 Å². The summed E-state index contributed by atoms with van der Waals surface area (Å²) in [6.45, 7) is 0. The molecule has 10 rings (SSSR count). The van der Waals surface area contributed by atoms with Crippen LogP contribution in [0.25, 0.3) is 77.0 Å². The first-order valence-electron chi connectivity index (χ1n) is 18.8. The summed E-state index contributed by atoms with van der Waals surface area (Å²) in [5.41, 5.74) is 12.8. The molecule has 0 amide bonds. The highest BCUT2D eigenvalue weighted by Crippen LogP contribution is 2.46. The van der Waals surface area contributed by atoms with Gasteiger partial charge in [-0.2, -0.15) is 0 Å². The highest BCUT2D eigenvalue weighted by Gasteiger charge is 2.19. The largest absolute Gasteiger partial charge is 0.295 e. The first-order valence-corrected chi connectivity index (χ1v) is 18.8. The Morgan fingerprint density at radius 1 is 0.291 bits per heavy atom. The number of rotatable bonds is 7. The van der Waals surface area contributed by atoms with Crippen LogP contribution in [0, 0.1) is 0 Å². The average Bonchev–Trinajstić information content (AvgIpc) is 3.27. The molecule has 258 valence electrons. The van der Waals surface area contributed by atoms with Crippen LogP contribution in [0.4, 0.5) is 17.2 Å². The molecule has 0 aliphatic carbocycles. The van der Waals surface area contributed by atoms with Gasteiger partial charge in [0.2, 0.25) is 0 Å². The standard InChI is InChI=1S/C53H36N2/c1-4-16-37(17-5-1)41-34-42(38-18-6-2-7-19-38)36-43(35-41)53-48-25-13-11-23-46(48)52(47-24-12-14-26-49(47)53)40-28-31-45(32-29-40)55(44-21-8-3-9-22-44)51-33-30-39-20-10-15-27-50(39)54-51/h1-36H. The fraction of sp³-hybridized carbons (Fsp3) is 0. The Balaban J connectivity index is 1.16. The molecule has 0 unspecified atom stereocenters. The van der Waals surface area contributed by atoms with E-state index in [1.54, 1.807) is 0 Å². The molecule has 55 heavy (non-hydrogen) atoms. The molecule has 2 nitrogen and oxygen atoms in total. The van der Waals surface area contributed by atoms with E-state index in [0.29, 0.717) is 0 Å². The molecule has 0 fully saturated rings. The van der Waals surface area contributed by atoms with Crippen molar-refractivity contribution in [2.24, 2.45) is 0 Å². The Hall–Kier alpha value is -7.29. The minimum atomic E-state index is 0.880. The van der Waals surface area contributed by atoms with Gasteiger partial charge in [-0.25, -0.2) is 4.98 Å². The van der Waals surface area contributed by atoms with Crippen molar-refractivity contribution in [3.8, 4) is 44.5 Å². The molecule has 9 aromatic carbocycles. The van der Waals surface area contributed by atoms with Gasteiger partial charge >= 0.3 is 0 Å². The van der Waals surface area contributed by atoms with Crippen LogP contribution in [-0.2, 0) is 0 Å². The summed E-state index contributed by atoms with van der Waals surface area (Å²) in [7, 11) is 0. The predicted octanol–water partition coefficient (Wildman–Crippen LogP) is 14.7. The molecule has 0 radical (unpaired) electrons. The third kappa shape index (κ3) is 6.00. The lowest BCUT2D eigenvalue weighted by Gasteiger charge is -2.25. The Morgan fingerprint density at radius 2 is 0.727 bits per heavy atom. The van der Waals surface area contributed by atoms with Crippen LogP contribution in [0.1, 0.15) is 0 Å². The summed E-state index contributed by atoms with van der Waals surface area (Å²) in [5.74, 6) is 0.880. The minimum Gasteiger partial charge on any atom is -0.295 e. The molecule has 10 aromatic rings. The molecule has 0 spiro atoms. The monoisotopic (exact) mass is 700 g/mol. The fourth-order valence-corrected chi connectivity index (χ4v) is 8.06. The van der Waals surface area contributed by atoms with Crippen LogP contribution in [0.15, 0.2) is 218 Å². The van der Waals surface area contributed by atoms with Gasteiger partial charge < -0.3 is 0 Å². The lowest BCUT2D eigenvalue weighted by Crippen LogP contribution is -2.11. The van der Waals surface area contributed by atoms with E-state index in [1.807, 2.05) is 6.07 Å². The van der Waals surface area contributed by atoms with E-state index in [-0.39, 0.29) is 0 Å². The fourth-order valence-electron chi connectivity index (χ4n) is 8.06. The van der Waals surface area contributed by atoms with Gasteiger partial charge in [0.25, 0.3) is 0 Å². The van der Waals surface area contributed by atoms with Crippen molar-refractivity contribution in [2.45, 2.75) is 0 Å². The maximum atomic E-state index is 5.11. The smallest absolute Gasteiger partial charge is 0.138 e. The minimum absolute atomic E-state index is 0.880. The van der Waals surface area contributed by atoms with E-state index in [2.05, 4.69) is 217 Å². The Kier molecular flexibility index (Phi) is 8.20. The summed E-state index contributed by atoms with van der Waals surface area (Å²) in [6, 6.07) is 78.3. The predicted molar refractivity (Wildman–Crippen MR) is 233 cm³/mol. The number of benzene rings is 9. The third-order valence-electron chi connectivity index (χ3n) is 10.6. The molecular formula is C53H36N2. The van der Waals surface area contributed by atoms with E-state index < -0.39 is 0 Å². The topological polar surface area (TPSA) is 16.1 Å². The van der Waals surface area contributed by atoms with Gasteiger partial charge in [0.1, 0.15) is 5.82 Å². The van der Waals surface area contributed by atoms with Gasteiger partial charge in [0, 0.05) is 16.8 Å². The van der Waals surface area contributed by atoms with Crippen LogP contribution < -0.4 is 4.90 Å². The molecule has 0 saturated heterocycles. The summed E-state index contributed by atoms with van der Waals surface area (Å²) in [4.78, 5) is 7.34. The van der Waals surface area contributed by atoms with Crippen molar-refractivity contribution >= 4 is 49.6 Å². The second-order valence-corrected chi connectivity index (χ2v) is 14.0. The average molecular weight is 701 g/mol. The zero-order chi connectivity index (χ0) is 36.6. The lowest BCUT2D eigenvalue weighted by molar-refractivity contribution is 1.21. The van der Waals surface area contributed by atoms with Gasteiger partial charge in [-0.3, -0.25) is 4.90 Å². The van der Waals surface area contributed by atoms with Crippen molar-refractivity contribution in [3.05, 3.63) is 218 Å². The number of pyridine rings is 1. The van der Waals surface area contributed by atoms with Crippen LogP contribution in [0.3, 0.4) is 0 Å². The molecule has 0 aliphatic rings. The summed E-state index contributed by atoms with van der Waals surface area (Å²) in [6.07, 6.45) is 0. The van der Waals surface area contributed by atoms with Crippen molar-refractivity contribution < 1.29 is 0 Å². The first kappa shape index (κ1) is 32.4. The maximum Gasteiger partial charge on any atom is 0.138 e. The summed E-state index contributed by atoms with van der Waals surface area (Å²) in [5, 5.41) is 6.05. The van der Waals surface area contributed by atoms with Gasteiger partial charge in [0.05, 0.1) is 5.52 Å². The van der Waals surface area contributed by atoms with E-state index in [0.717, 1.165) is 28.1 Å². The van der Waals surface area contributed by atoms with E-state index in [9.17, 15) is 0 Å². The van der Waals surface area contributed by atoms with Crippen LogP contribution in [0.5, 0.6) is 0 Å². The van der Waals surface area contributed by atoms with Gasteiger partial charge in [-0.15, -0.1) is 0 Å². The zero-order valence-corrected chi connectivity index (χ0v) is 30.2. The number of nitrogens with zero attached hydrogens (tertiary/aromatic N) is 2. The number of fused-ring (bicyclic) bond motifs is 3. The summed E-state index contributed by atoms with van der Waals surface area (Å²) < 4.78 is 0. The SMILES string of the molecule is c1ccc(-c2cc(-c3ccccc3)cc(-c3c4ccccc4c(-c4ccc(N(c5ccccc5)c5ccc6ccccc6n5)cc4)c4ccccc34)c2)cc1. The molecule has 2 heteroatoms. The number of anilines is 3. The van der Waals surface area contributed by atoms with Crippen molar-refractivity contribution in [2.75, 3.05) is 4.90 Å². The number of hydrogen-bond donors (Lipinski definition) is 0. The number of para-hydroxylation sites is 2. The van der Waals surface area contributed by atoms with Crippen LogP contribution in [-0.4, -0.2) is 4.98 Å². The van der Waals surface area contributed by atoms with Gasteiger partial charge in [-0.1, -0.05) is 158 Å². The zero-order valence-electron chi connectivity index (χ0n) is 30.2. The normalized spacial score (nSPS) is 11.3. The van der Waals surface area contributed by atoms with Crippen LogP contribution in [0.2, 0.25) is 0 Å². The Bertz CT molecular complexity index is 2840. The highest BCUT2D eigenvalue weighted by molar-refractivity contribution is 6.21. The van der Waals surface area contributed by atoms with Crippen molar-refractivity contribution in [1.29, 1.82) is 0 Å². The highest BCUT2D eigenvalue weighted by atomic mass is 15.2. The molecule has 0 aliphatic heterocycles. The van der Waals surface area contributed by atoms with E-state index >= 15 is 0 Å². The van der Waals surface area contributed by atoms with E-state index in [4.69, 9.17) is 4.98 Å². The van der Waals surface area contributed by atoms with E-state index in [1.165, 1.54) is 66.1 Å². The first-order chi connectivity index (χ1) is 27.3. The summed E-state index contributed by atoms with van der Waals surface area (Å²) >= 11 is 0. The van der Waals surface area contributed by atoms with Gasteiger partial charge in [-0.05, 0) is 127 Å². The molecule has 0 bridgehead atoms. The quantitative estimate of drug-likeness (QED) is 0.154. The molecule has 0 saturated carbocycles. The van der Waals surface area contributed by atoms with Crippen molar-refractivity contribution in [1.82, 2.24) is 4.98 Å². The second-order valence-electron chi connectivity index (χ2n) is 14.0. The van der Waals surface area contributed by atoms with Crippen molar-refractivity contribution in [3.63, 3.8) is 0 Å². The third-order valence-corrected chi connectivity index (χ3v) is 10.6. The molecule has 1 aromatic heterocycles. The molecule has 1 heterocycles. The number of aromatic nitrogens is 1. The molecular weight excluding hydrogens is 665 g/mol. The Morgan fingerprint density at radius 3 is 1.29 bits per heavy atom. The van der Waals surface area contributed by atoms with Gasteiger partial charge in [0.15, 0.2) is 0 Å². The maximum absolute atomic E-state index is 5.11.